The molecule has 1 rings (SSSR count). The lowest BCUT2D eigenvalue weighted by Crippen LogP contribution is -2.35. The van der Waals surface area contributed by atoms with Gasteiger partial charge in [0.2, 0.25) is 5.91 Å². The third kappa shape index (κ3) is 4.79. The maximum Gasteiger partial charge on any atom is 0.223 e. The predicted octanol–water partition coefficient (Wildman–Crippen LogP) is -0.102. The lowest BCUT2D eigenvalue weighted by molar-refractivity contribution is -0.125. The summed E-state index contributed by atoms with van der Waals surface area (Å²) >= 11 is 0. The van der Waals surface area contributed by atoms with E-state index in [1.807, 2.05) is 0 Å². The lowest BCUT2D eigenvalue weighted by Gasteiger charge is -2.25. The van der Waals surface area contributed by atoms with E-state index < -0.39 is 0 Å². The van der Waals surface area contributed by atoms with Crippen molar-refractivity contribution in [2.24, 2.45) is 22.4 Å². The molecule has 1 saturated heterocycles. The molecular formula is C10H21N4OP. The summed E-state index contributed by atoms with van der Waals surface area (Å²) < 4.78 is 0. The number of carbonyl (C=O) groups is 1. The number of nitrogens with one attached hydrogen (secondary N) is 1. The molecule has 1 fully saturated rings. The van der Waals surface area contributed by atoms with Crippen molar-refractivity contribution in [3.05, 3.63) is 0 Å². The summed E-state index contributed by atoms with van der Waals surface area (Å²) in [6.45, 7) is 3.29. The molecule has 0 bridgehead atoms. The summed E-state index contributed by atoms with van der Waals surface area (Å²) in [7, 11) is 0.197. The number of hydrogen-bond donors (Lipinski definition) is 3. The molecule has 0 aromatic carbocycles. The zero-order chi connectivity index (χ0) is 12.0. The minimum atomic E-state index is 0.0727. The van der Waals surface area contributed by atoms with Crippen LogP contribution in [-0.4, -0.2) is 43.9 Å². The first-order chi connectivity index (χ1) is 7.59. The molecule has 16 heavy (non-hydrogen) atoms. The van der Waals surface area contributed by atoms with Crippen LogP contribution in [0.4, 0.5) is 0 Å². The Morgan fingerprint density at radius 3 is 2.62 bits per heavy atom. The fraction of sp³-hybridized carbons (Fsp3) is 0.800. The highest BCUT2D eigenvalue weighted by Gasteiger charge is 2.23. The number of guanidine groups is 1. The first-order valence-electron chi connectivity index (χ1n) is 5.61. The molecule has 0 aromatic heterocycles. The maximum atomic E-state index is 11.7. The van der Waals surface area contributed by atoms with Gasteiger partial charge in [-0.2, -0.15) is 0 Å². The normalized spacial score (nSPS) is 24.8. The second kappa shape index (κ2) is 6.69. The van der Waals surface area contributed by atoms with Gasteiger partial charge in [0.15, 0.2) is 5.96 Å². The summed E-state index contributed by atoms with van der Waals surface area (Å²) in [5.74, 6) is 0.440. The average Bonchev–Trinajstić information content (AvgIpc) is 2.25. The van der Waals surface area contributed by atoms with E-state index in [1.54, 1.807) is 0 Å². The predicted molar refractivity (Wildman–Crippen MR) is 69.0 cm³/mol. The van der Waals surface area contributed by atoms with E-state index in [1.165, 1.54) is 12.3 Å². The van der Waals surface area contributed by atoms with E-state index in [4.69, 9.17) is 11.5 Å². The number of amides is 1. The van der Waals surface area contributed by atoms with Gasteiger partial charge in [-0.1, -0.05) is 0 Å². The third-order valence-electron chi connectivity index (χ3n) is 2.79. The monoisotopic (exact) mass is 244 g/mol. The first-order valence-corrected chi connectivity index (χ1v) is 7.77. The summed E-state index contributed by atoms with van der Waals surface area (Å²) in [4.78, 5) is 15.5. The van der Waals surface area contributed by atoms with E-state index in [0.29, 0.717) is 13.1 Å². The molecule has 1 heterocycles. The van der Waals surface area contributed by atoms with Crippen LogP contribution in [0.2, 0.25) is 0 Å². The first kappa shape index (κ1) is 13.2. The van der Waals surface area contributed by atoms with E-state index >= 15 is 0 Å². The molecule has 0 spiro atoms. The molecular weight excluding hydrogens is 223 g/mol. The van der Waals surface area contributed by atoms with Gasteiger partial charge in [0.05, 0.1) is 6.54 Å². The van der Waals surface area contributed by atoms with Crippen LogP contribution in [0.1, 0.15) is 12.8 Å². The van der Waals surface area contributed by atoms with Crippen LogP contribution >= 0.6 is 7.92 Å². The van der Waals surface area contributed by atoms with Crippen molar-refractivity contribution >= 4 is 19.8 Å². The fourth-order valence-electron chi connectivity index (χ4n) is 1.78. The van der Waals surface area contributed by atoms with E-state index in [2.05, 4.69) is 17.0 Å². The summed E-state index contributed by atoms with van der Waals surface area (Å²) in [6, 6.07) is 0. The highest BCUT2D eigenvalue weighted by molar-refractivity contribution is 7.56. The number of carbonyl (C=O) groups excluding carboxylic acids is 1. The zero-order valence-electron chi connectivity index (χ0n) is 9.78. The van der Waals surface area contributed by atoms with Crippen molar-refractivity contribution in [3.63, 3.8) is 0 Å². The van der Waals surface area contributed by atoms with Crippen LogP contribution < -0.4 is 16.8 Å². The lowest BCUT2D eigenvalue weighted by atomic mass is 10.0. The number of nitrogens with two attached hydrogens (primary N) is 2. The molecule has 1 amide bonds. The number of rotatable bonds is 4. The van der Waals surface area contributed by atoms with Gasteiger partial charge in [-0.3, -0.25) is 9.79 Å². The van der Waals surface area contributed by atoms with E-state index in [-0.39, 0.29) is 25.7 Å². The van der Waals surface area contributed by atoms with Gasteiger partial charge < -0.3 is 16.8 Å². The Morgan fingerprint density at radius 2 is 2.06 bits per heavy atom. The summed E-state index contributed by atoms with van der Waals surface area (Å²) in [5, 5.41) is 2.87. The highest BCUT2D eigenvalue weighted by atomic mass is 31.1. The summed E-state index contributed by atoms with van der Waals surface area (Å²) in [6.07, 6.45) is 4.52. The largest absolute Gasteiger partial charge is 0.370 e. The van der Waals surface area contributed by atoms with Gasteiger partial charge in [-0.25, -0.2) is 0 Å². The average molecular weight is 244 g/mol. The molecule has 0 radical (unpaired) electrons. The molecule has 1 aliphatic rings. The Morgan fingerprint density at radius 1 is 1.44 bits per heavy atom. The van der Waals surface area contributed by atoms with Crippen molar-refractivity contribution in [1.29, 1.82) is 0 Å². The van der Waals surface area contributed by atoms with Crippen LogP contribution in [0, 0.1) is 5.92 Å². The molecule has 92 valence electrons. The van der Waals surface area contributed by atoms with Crippen LogP contribution in [-0.2, 0) is 4.79 Å². The zero-order valence-corrected chi connectivity index (χ0v) is 10.7. The number of aliphatic imine (C=N–C) groups is 1. The third-order valence-corrected chi connectivity index (χ3v) is 4.84. The van der Waals surface area contributed by atoms with Gasteiger partial charge in [-0.15, -0.1) is 7.92 Å². The minimum absolute atomic E-state index is 0.0727. The fourth-order valence-corrected chi connectivity index (χ4v) is 3.51. The Balaban J connectivity index is 2.17. The molecule has 0 atom stereocenters. The van der Waals surface area contributed by atoms with Crippen molar-refractivity contribution in [3.8, 4) is 0 Å². The van der Waals surface area contributed by atoms with Gasteiger partial charge in [0.1, 0.15) is 0 Å². The van der Waals surface area contributed by atoms with Crippen molar-refractivity contribution in [1.82, 2.24) is 5.32 Å². The quantitative estimate of drug-likeness (QED) is 0.279. The number of nitrogens with zero attached hydrogens (tertiary/aromatic N) is 1. The van der Waals surface area contributed by atoms with Crippen LogP contribution in [0.25, 0.3) is 0 Å². The Kier molecular flexibility index (Phi) is 5.53. The number of hydrogen-bond acceptors (Lipinski definition) is 2. The second-order valence-electron chi connectivity index (χ2n) is 4.18. The molecule has 0 saturated carbocycles. The molecule has 0 aliphatic carbocycles. The molecule has 0 unspecified atom stereocenters. The van der Waals surface area contributed by atoms with Gasteiger partial charge in [0, 0.05) is 12.5 Å². The molecule has 5 nitrogen and oxygen atoms in total. The maximum absolute atomic E-state index is 11.7. The molecule has 5 N–H and O–H groups in total. The van der Waals surface area contributed by atoms with Gasteiger partial charge >= 0.3 is 0 Å². The summed E-state index contributed by atoms with van der Waals surface area (Å²) in [5.41, 5.74) is 10.4. The van der Waals surface area contributed by atoms with Crippen LogP contribution in [0.15, 0.2) is 4.99 Å². The Labute approximate surface area is 97.8 Å². The highest BCUT2D eigenvalue weighted by Crippen LogP contribution is 2.39. The van der Waals surface area contributed by atoms with E-state index in [0.717, 1.165) is 12.8 Å². The Bertz CT molecular complexity index is 258. The van der Waals surface area contributed by atoms with Gasteiger partial charge in [0.25, 0.3) is 0 Å². The minimum Gasteiger partial charge on any atom is -0.370 e. The topological polar surface area (TPSA) is 93.5 Å². The molecule has 6 heteroatoms. The smallest absolute Gasteiger partial charge is 0.223 e. The Hall–Kier alpha value is -0.830. The standard InChI is InChI=1S/C10H21N4OP/c1-16-6-2-8(3-7-16)9(15)13-4-5-14-10(11)12/h8H,2-7H2,1H3,(H,13,15)(H4,11,12,14). The molecule has 0 aromatic rings. The van der Waals surface area contributed by atoms with Crippen molar-refractivity contribution in [2.45, 2.75) is 12.8 Å². The second-order valence-corrected chi connectivity index (χ2v) is 6.78. The van der Waals surface area contributed by atoms with Crippen LogP contribution in [0.5, 0.6) is 0 Å². The molecule has 1 aliphatic heterocycles. The van der Waals surface area contributed by atoms with Crippen molar-refractivity contribution < 1.29 is 4.79 Å². The van der Waals surface area contributed by atoms with Crippen LogP contribution in [0.3, 0.4) is 0 Å². The van der Waals surface area contributed by atoms with Crippen molar-refractivity contribution in [2.75, 3.05) is 32.1 Å². The SMILES string of the molecule is CP1CCC(C(=O)NCCN=C(N)N)CC1. The van der Waals surface area contributed by atoms with E-state index in [9.17, 15) is 4.79 Å². The van der Waals surface area contributed by atoms with Gasteiger partial charge in [-0.05, 0) is 31.8 Å².